The van der Waals surface area contributed by atoms with Crippen LogP contribution in [0.3, 0.4) is 0 Å². The number of carbonyl (C=O) groups is 2. The summed E-state index contributed by atoms with van der Waals surface area (Å²) in [7, 11) is 0. The van der Waals surface area contributed by atoms with Crippen LogP contribution in [0.15, 0.2) is 0 Å². The van der Waals surface area contributed by atoms with E-state index in [0.717, 1.165) is 44.7 Å². The summed E-state index contributed by atoms with van der Waals surface area (Å²) in [4.78, 5) is 25.5. The van der Waals surface area contributed by atoms with Crippen LogP contribution in [0.2, 0.25) is 0 Å². The quantitative estimate of drug-likeness (QED) is 0.776. The zero-order chi connectivity index (χ0) is 14.4. The van der Waals surface area contributed by atoms with Crippen LogP contribution in [0, 0.1) is 5.92 Å². The lowest BCUT2D eigenvalue weighted by Crippen LogP contribution is -2.46. The molecule has 20 heavy (non-hydrogen) atoms. The molecular formula is C15H27N3O2. The fourth-order valence-corrected chi connectivity index (χ4v) is 3.10. The predicted molar refractivity (Wildman–Crippen MR) is 78.4 cm³/mol. The number of carbonyl (C=O) groups excluding carboxylic acids is 2. The maximum absolute atomic E-state index is 11.8. The van der Waals surface area contributed by atoms with Crippen molar-refractivity contribution in [2.24, 2.45) is 5.92 Å². The van der Waals surface area contributed by atoms with Crippen molar-refractivity contribution >= 4 is 11.9 Å². The molecule has 0 spiro atoms. The number of likely N-dealkylation sites (tertiary alicyclic amines) is 1. The zero-order valence-electron chi connectivity index (χ0n) is 12.5. The largest absolute Gasteiger partial charge is 0.341 e. The Morgan fingerprint density at radius 2 is 1.80 bits per heavy atom. The molecule has 2 N–H and O–H groups in total. The molecule has 5 nitrogen and oxygen atoms in total. The molecule has 1 heterocycles. The van der Waals surface area contributed by atoms with Crippen LogP contribution < -0.4 is 10.6 Å². The molecule has 1 aliphatic carbocycles. The van der Waals surface area contributed by atoms with Crippen LogP contribution in [0.4, 0.5) is 4.79 Å². The van der Waals surface area contributed by atoms with Crippen molar-refractivity contribution in [2.45, 2.75) is 57.9 Å². The summed E-state index contributed by atoms with van der Waals surface area (Å²) < 4.78 is 0. The first-order valence-electron chi connectivity index (χ1n) is 7.97. The first-order valence-corrected chi connectivity index (χ1v) is 7.97. The van der Waals surface area contributed by atoms with Gasteiger partial charge in [-0.3, -0.25) is 4.79 Å². The molecule has 0 radical (unpaired) electrons. The van der Waals surface area contributed by atoms with Crippen molar-refractivity contribution in [1.82, 2.24) is 15.5 Å². The highest BCUT2D eigenvalue weighted by atomic mass is 16.2. The molecule has 0 bridgehead atoms. The topological polar surface area (TPSA) is 61.4 Å². The van der Waals surface area contributed by atoms with Gasteiger partial charge in [-0.15, -0.1) is 0 Å². The van der Waals surface area contributed by atoms with Crippen LogP contribution in [-0.4, -0.2) is 42.5 Å². The third-order valence-electron chi connectivity index (χ3n) is 4.45. The highest BCUT2D eigenvalue weighted by molar-refractivity contribution is 5.84. The number of nitrogens with zero attached hydrogens (tertiary/aromatic N) is 1. The smallest absolute Gasteiger partial charge is 0.315 e. The Kier molecular flexibility index (Phi) is 5.68. The third kappa shape index (κ3) is 4.69. The number of urea groups is 1. The SMILES string of the molecule is CC1CCCC(NC(=O)NCC(=O)N2CCCC2)CC1. The van der Waals surface area contributed by atoms with Crippen molar-refractivity contribution in [3.05, 3.63) is 0 Å². The average molecular weight is 281 g/mol. The minimum absolute atomic E-state index is 0.0344. The van der Waals surface area contributed by atoms with Crippen molar-refractivity contribution in [3.63, 3.8) is 0 Å². The summed E-state index contributed by atoms with van der Waals surface area (Å²) in [6, 6.07) is 0.0685. The molecule has 3 amide bonds. The second-order valence-corrected chi connectivity index (χ2v) is 6.23. The van der Waals surface area contributed by atoms with Crippen molar-refractivity contribution < 1.29 is 9.59 Å². The normalized spacial score (nSPS) is 26.9. The van der Waals surface area contributed by atoms with E-state index in [4.69, 9.17) is 0 Å². The van der Waals surface area contributed by atoms with E-state index in [1.807, 2.05) is 4.90 Å². The lowest BCUT2D eigenvalue weighted by molar-refractivity contribution is -0.128. The van der Waals surface area contributed by atoms with E-state index in [-0.39, 0.29) is 24.5 Å². The van der Waals surface area contributed by atoms with Gasteiger partial charge in [-0.05, 0) is 38.0 Å². The van der Waals surface area contributed by atoms with Crippen molar-refractivity contribution in [2.75, 3.05) is 19.6 Å². The van der Waals surface area contributed by atoms with Gasteiger partial charge in [-0.1, -0.05) is 19.8 Å². The first kappa shape index (κ1) is 15.1. The Morgan fingerprint density at radius 3 is 2.55 bits per heavy atom. The van der Waals surface area contributed by atoms with Gasteiger partial charge in [0.25, 0.3) is 0 Å². The molecule has 2 rings (SSSR count). The Morgan fingerprint density at radius 1 is 1.05 bits per heavy atom. The number of rotatable bonds is 3. The van der Waals surface area contributed by atoms with E-state index in [1.54, 1.807) is 0 Å². The standard InChI is InChI=1S/C15H27N3O2/c1-12-5-4-6-13(8-7-12)17-15(20)16-11-14(19)18-9-2-3-10-18/h12-13H,2-11H2,1H3,(H2,16,17,20). The highest BCUT2D eigenvalue weighted by Gasteiger charge is 2.20. The second kappa shape index (κ2) is 7.50. The lowest BCUT2D eigenvalue weighted by Gasteiger charge is -2.18. The number of nitrogens with one attached hydrogen (secondary N) is 2. The molecule has 1 saturated heterocycles. The number of hydrogen-bond acceptors (Lipinski definition) is 2. The fraction of sp³-hybridized carbons (Fsp3) is 0.867. The number of hydrogen-bond donors (Lipinski definition) is 2. The molecule has 1 saturated carbocycles. The summed E-state index contributed by atoms with van der Waals surface area (Å²) in [6.45, 7) is 4.07. The van der Waals surface area contributed by atoms with Gasteiger partial charge in [0.15, 0.2) is 0 Å². The summed E-state index contributed by atoms with van der Waals surface area (Å²) >= 11 is 0. The average Bonchev–Trinajstić information content (AvgIpc) is 2.89. The first-order chi connectivity index (χ1) is 9.65. The third-order valence-corrected chi connectivity index (χ3v) is 4.45. The second-order valence-electron chi connectivity index (χ2n) is 6.23. The molecule has 5 heteroatoms. The van der Waals surface area contributed by atoms with Crippen LogP contribution in [-0.2, 0) is 4.79 Å². The summed E-state index contributed by atoms with van der Waals surface area (Å²) in [5.41, 5.74) is 0. The van der Waals surface area contributed by atoms with Gasteiger partial charge in [-0.2, -0.15) is 0 Å². The van der Waals surface area contributed by atoms with E-state index < -0.39 is 0 Å². The van der Waals surface area contributed by atoms with Gasteiger partial charge in [0, 0.05) is 19.1 Å². The summed E-state index contributed by atoms with van der Waals surface area (Å²) in [5, 5.41) is 5.70. The van der Waals surface area contributed by atoms with Gasteiger partial charge in [0.1, 0.15) is 0 Å². The van der Waals surface area contributed by atoms with E-state index in [2.05, 4.69) is 17.6 Å². The molecule has 1 aliphatic heterocycles. The van der Waals surface area contributed by atoms with Crippen LogP contribution in [0.25, 0.3) is 0 Å². The molecule has 0 aromatic rings. The van der Waals surface area contributed by atoms with Crippen molar-refractivity contribution in [1.29, 1.82) is 0 Å². The predicted octanol–water partition coefficient (Wildman–Crippen LogP) is 1.88. The maximum atomic E-state index is 11.8. The molecule has 2 atom stereocenters. The monoisotopic (exact) mass is 281 g/mol. The minimum Gasteiger partial charge on any atom is -0.341 e. The molecule has 2 fully saturated rings. The van der Waals surface area contributed by atoms with Crippen LogP contribution >= 0.6 is 0 Å². The molecule has 0 aromatic heterocycles. The maximum Gasteiger partial charge on any atom is 0.315 e. The fourth-order valence-electron chi connectivity index (χ4n) is 3.10. The molecule has 2 aliphatic rings. The van der Waals surface area contributed by atoms with Gasteiger partial charge in [-0.25, -0.2) is 4.79 Å². The minimum atomic E-state index is -0.197. The van der Waals surface area contributed by atoms with Crippen LogP contribution in [0.1, 0.15) is 51.9 Å². The highest BCUT2D eigenvalue weighted by Crippen LogP contribution is 2.22. The lowest BCUT2D eigenvalue weighted by atomic mass is 10.0. The number of amides is 3. The van der Waals surface area contributed by atoms with Crippen LogP contribution in [0.5, 0.6) is 0 Å². The van der Waals surface area contributed by atoms with E-state index >= 15 is 0 Å². The molecule has 114 valence electrons. The Balaban J connectivity index is 1.65. The zero-order valence-corrected chi connectivity index (χ0v) is 12.5. The van der Waals surface area contributed by atoms with Gasteiger partial charge in [0.2, 0.25) is 5.91 Å². The Hall–Kier alpha value is -1.26. The van der Waals surface area contributed by atoms with Gasteiger partial charge >= 0.3 is 6.03 Å². The van der Waals surface area contributed by atoms with E-state index in [1.165, 1.54) is 19.3 Å². The molecule has 2 unspecified atom stereocenters. The molecule has 0 aromatic carbocycles. The van der Waals surface area contributed by atoms with E-state index in [0.29, 0.717) is 0 Å². The van der Waals surface area contributed by atoms with Gasteiger partial charge < -0.3 is 15.5 Å². The molecular weight excluding hydrogens is 254 g/mol. The Bertz CT molecular complexity index is 340. The summed E-state index contributed by atoms with van der Waals surface area (Å²) in [6.07, 6.45) is 7.88. The Labute approximate surface area is 121 Å². The van der Waals surface area contributed by atoms with E-state index in [9.17, 15) is 9.59 Å². The summed E-state index contributed by atoms with van der Waals surface area (Å²) in [5.74, 6) is 0.800. The van der Waals surface area contributed by atoms with Gasteiger partial charge in [0.05, 0.1) is 6.54 Å². The van der Waals surface area contributed by atoms with Crippen molar-refractivity contribution in [3.8, 4) is 0 Å².